The Bertz CT molecular complexity index is 435. The van der Waals surface area contributed by atoms with E-state index in [2.05, 4.69) is 26.6 Å². The van der Waals surface area contributed by atoms with Crippen LogP contribution in [-0.4, -0.2) is 30.1 Å². The van der Waals surface area contributed by atoms with E-state index in [0.717, 1.165) is 22.9 Å². The number of nitrogens with one attached hydrogen (secondary N) is 2. The second-order valence-electron chi connectivity index (χ2n) is 4.87. The molecule has 1 aromatic rings. The summed E-state index contributed by atoms with van der Waals surface area (Å²) in [6.45, 7) is 1.04. The monoisotopic (exact) mass is 326 g/mol. The molecule has 0 spiro atoms. The smallest absolute Gasteiger partial charge is 0.221 e. The van der Waals surface area contributed by atoms with Crippen molar-refractivity contribution in [3.8, 4) is 0 Å². The van der Waals surface area contributed by atoms with Gasteiger partial charge in [-0.2, -0.15) is 0 Å². The van der Waals surface area contributed by atoms with Crippen LogP contribution in [0.5, 0.6) is 0 Å². The fraction of sp³-hybridized carbons (Fsp3) is 0.500. The summed E-state index contributed by atoms with van der Waals surface area (Å²) in [4.78, 5) is 11.4. The van der Waals surface area contributed by atoms with E-state index in [1.807, 2.05) is 24.3 Å². The van der Waals surface area contributed by atoms with Gasteiger partial charge in [-0.3, -0.25) is 4.79 Å². The molecule has 0 bridgehead atoms. The molecule has 104 valence electrons. The number of aliphatic hydroxyl groups is 1. The zero-order chi connectivity index (χ0) is 13.7. The van der Waals surface area contributed by atoms with Crippen LogP contribution in [0.1, 0.15) is 30.9 Å². The Morgan fingerprint density at radius 3 is 2.95 bits per heavy atom. The number of halogens is 1. The molecule has 1 unspecified atom stereocenters. The van der Waals surface area contributed by atoms with E-state index in [4.69, 9.17) is 0 Å². The van der Waals surface area contributed by atoms with Crippen molar-refractivity contribution < 1.29 is 9.90 Å². The molecule has 1 aliphatic carbocycles. The highest BCUT2D eigenvalue weighted by Crippen LogP contribution is 2.19. The molecule has 2 rings (SSSR count). The minimum absolute atomic E-state index is 0.0898. The van der Waals surface area contributed by atoms with Gasteiger partial charge in [0.2, 0.25) is 5.91 Å². The van der Waals surface area contributed by atoms with E-state index in [0.29, 0.717) is 25.6 Å². The lowest BCUT2D eigenvalue weighted by Crippen LogP contribution is -2.30. The number of hydrogen-bond donors (Lipinski definition) is 3. The molecule has 1 amide bonds. The van der Waals surface area contributed by atoms with Gasteiger partial charge in [0.1, 0.15) is 0 Å². The zero-order valence-electron chi connectivity index (χ0n) is 10.7. The first-order valence-electron chi connectivity index (χ1n) is 6.59. The summed E-state index contributed by atoms with van der Waals surface area (Å²) in [7, 11) is 0. The molecule has 0 aromatic heterocycles. The minimum Gasteiger partial charge on any atom is -0.387 e. The van der Waals surface area contributed by atoms with Crippen molar-refractivity contribution in [2.45, 2.75) is 31.4 Å². The maximum Gasteiger partial charge on any atom is 0.221 e. The molecular formula is C14H19BrN2O2. The van der Waals surface area contributed by atoms with E-state index in [1.165, 1.54) is 0 Å². The van der Waals surface area contributed by atoms with Crippen molar-refractivity contribution in [1.29, 1.82) is 0 Å². The van der Waals surface area contributed by atoms with E-state index >= 15 is 0 Å². The van der Waals surface area contributed by atoms with Crippen LogP contribution in [0.4, 0.5) is 0 Å². The van der Waals surface area contributed by atoms with Gasteiger partial charge in [0.05, 0.1) is 6.10 Å². The van der Waals surface area contributed by atoms with Crippen LogP contribution in [0.3, 0.4) is 0 Å². The van der Waals surface area contributed by atoms with E-state index in [1.54, 1.807) is 0 Å². The quantitative estimate of drug-likeness (QED) is 0.669. The molecule has 0 aliphatic heterocycles. The summed E-state index contributed by atoms with van der Waals surface area (Å²) in [5.74, 6) is 0.0898. The summed E-state index contributed by atoms with van der Waals surface area (Å²) < 4.78 is 0.952. The molecule has 1 fully saturated rings. The van der Waals surface area contributed by atoms with Gasteiger partial charge in [0, 0.05) is 30.0 Å². The van der Waals surface area contributed by atoms with Gasteiger partial charge in [-0.1, -0.05) is 28.1 Å². The van der Waals surface area contributed by atoms with Crippen LogP contribution in [-0.2, 0) is 4.79 Å². The van der Waals surface area contributed by atoms with Crippen molar-refractivity contribution >= 4 is 21.8 Å². The van der Waals surface area contributed by atoms with Crippen molar-refractivity contribution in [2.75, 3.05) is 13.1 Å². The summed E-state index contributed by atoms with van der Waals surface area (Å²) in [6, 6.07) is 8.01. The van der Waals surface area contributed by atoms with Crippen LogP contribution in [0.25, 0.3) is 0 Å². The van der Waals surface area contributed by atoms with Crippen LogP contribution in [0.2, 0.25) is 0 Å². The Hall–Kier alpha value is -0.910. The van der Waals surface area contributed by atoms with Crippen LogP contribution in [0.15, 0.2) is 28.7 Å². The molecule has 4 nitrogen and oxygen atoms in total. The highest BCUT2D eigenvalue weighted by Gasteiger charge is 2.22. The van der Waals surface area contributed by atoms with E-state index in [-0.39, 0.29) is 5.91 Å². The summed E-state index contributed by atoms with van der Waals surface area (Å²) in [5, 5.41) is 16.0. The maximum absolute atomic E-state index is 11.4. The van der Waals surface area contributed by atoms with Gasteiger partial charge in [-0.05, 0) is 30.5 Å². The average molecular weight is 327 g/mol. The Labute approximate surface area is 121 Å². The van der Waals surface area contributed by atoms with Gasteiger partial charge in [-0.25, -0.2) is 0 Å². The van der Waals surface area contributed by atoms with Gasteiger partial charge < -0.3 is 15.7 Å². The Balaban J connectivity index is 1.63. The second kappa shape index (κ2) is 7.03. The fourth-order valence-electron chi connectivity index (χ4n) is 1.80. The molecule has 19 heavy (non-hydrogen) atoms. The third kappa shape index (κ3) is 5.30. The lowest BCUT2D eigenvalue weighted by atomic mass is 10.1. The van der Waals surface area contributed by atoms with Gasteiger partial charge in [0.25, 0.3) is 0 Å². The molecule has 0 heterocycles. The van der Waals surface area contributed by atoms with Crippen LogP contribution >= 0.6 is 15.9 Å². The topological polar surface area (TPSA) is 61.4 Å². The van der Waals surface area contributed by atoms with E-state index < -0.39 is 6.10 Å². The van der Waals surface area contributed by atoms with Crippen LogP contribution < -0.4 is 10.6 Å². The first kappa shape index (κ1) is 14.5. The number of benzene rings is 1. The molecule has 3 N–H and O–H groups in total. The zero-order valence-corrected chi connectivity index (χ0v) is 12.3. The maximum atomic E-state index is 11.4. The van der Waals surface area contributed by atoms with Gasteiger partial charge in [-0.15, -0.1) is 0 Å². The third-order valence-electron chi connectivity index (χ3n) is 3.04. The summed E-state index contributed by atoms with van der Waals surface area (Å²) >= 11 is 3.38. The Morgan fingerprint density at radius 2 is 2.26 bits per heavy atom. The third-order valence-corrected chi connectivity index (χ3v) is 3.54. The minimum atomic E-state index is -0.552. The highest BCUT2D eigenvalue weighted by atomic mass is 79.9. The van der Waals surface area contributed by atoms with Gasteiger partial charge in [0.15, 0.2) is 0 Å². The molecule has 0 saturated heterocycles. The molecule has 1 saturated carbocycles. The molecule has 1 atom stereocenters. The largest absolute Gasteiger partial charge is 0.387 e. The number of aliphatic hydroxyl groups excluding tert-OH is 1. The van der Waals surface area contributed by atoms with Gasteiger partial charge >= 0.3 is 0 Å². The fourth-order valence-corrected chi connectivity index (χ4v) is 2.22. The number of carbonyl (C=O) groups is 1. The number of carbonyl (C=O) groups excluding carboxylic acids is 1. The predicted molar refractivity (Wildman–Crippen MR) is 77.8 cm³/mol. The normalized spacial score (nSPS) is 16.1. The summed E-state index contributed by atoms with van der Waals surface area (Å²) in [5.41, 5.74) is 0.865. The molecule has 5 heteroatoms. The molecule has 1 aliphatic rings. The van der Waals surface area contributed by atoms with Crippen molar-refractivity contribution in [2.24, 2.45) is 0 Å². The molecule has 1 aromatic carbocycles. The van der Waals surface area contributed by atoms with Crippen molar-refractivity contribution in [1.82, 2.24) is 10.6 Å². The number of hydrogen-bond acceptors (Lipinski definition) is 3. The van der Waals surface area contributed by atoms with Crippen molar-refractivity contribution in [3.05, 3.63) is 34.3 Å². The number of amides is 1. The predicted octanol–water partition coefficient (Wildman–Crippen LogP) is 1.74. The Morgan fingerprint density at radius 1 is 1.47 bits per heavy atom. The molecule has 0 radical (unpaired) electrons. The second-order valence-corrected chi connectivity index (χ2v) is 5.78. The first-order chi connectivity index (χ1) is 9.15. The highest BCUT2D eigenvalue weighted by molar-refractivity contribution is 9.10. The van der Waals surface area contributed by atoms with Crippen molar-refractivity contribution in [3.63, 3.8) is 0 Å². The Kier molecular flexibility index (Phi) is 5.36. The lowest BCUT2D eigenvalue weighted by Gasteiger charge is -2.12. The van der Waals surface area contributed by atoms with Crippen LogP contribution in [0, 0.1) is 0 Å². The standard InChI is InChI=1S/C14H19BrN2O2/c15-11-3-1-2-10(8-11)13(18)9-16-7-6-14(19)17-12-4-5-12/h1-3,8,12-13,16,18H,4-7,9H2,(H,17,19). The SMILES string of the molecule is O=C(CCNCC(O)c1cccc(Br)c1)NC1CC1. The summed E-state index contributed by atoms with van der Waals surface area (Å²) in [6.07, 6.45) is 2.13. The lowest BCUT2D eigenvalue weighted by molar-refractivity contribution is -0.121. The average Bonchev–Trinajstić information content (AvgIpc) is 3.18. The van der Waals surface area contributed by atoms with E-state index in [9.17, 15) is 9.90 Å². The first-order valence-corrected chi connectivity index (χ1v) is 7.38. The number of rotatable bonds is 7. The molecular weight excluding hydrogens is 308 g/mol.